The van der Waals surface area contributed by atoms with E-state index < -0.39 is 6.61 Å². The average Bonchev–Trinajstić information content (AvgIpc) is 2.72. The molecule has 0 aromatic heterocycles. The van der Waals surface area contributed by atoms with E-state index in [9.17, 15) is 13.6 Å². The molecule has 0 radical (unpaired) electrons. The Morgan fingerprint density at radius 1 is 1.00 bits per heavy atom. The third-order valence-corrected chi connectivity index (χ3v) is 5.02. The fourth-order valence-electron chi connectivity index (χ4n) is 3.18. The van der Waals surface area contributed by atoms with Crippen molar-refractivity contribution in [2.45, 2.75) is 6.61 Å². The minimum absolute atomic E-state index is 0.0517. The van der Waals surface area contributed by atoms with Crippen molar-refractivity contribution < 1.29 is 23.0 Å². The predicted molar refractivity (Wildman–Crippen MR) is 112 cm³/mol. The first-order valence-corrected chi connectivity index (χ1v) is 10.0. The molecule has 1 fully saturated rings. The number of piperazine rings is 1. The maximum absolute atomic E-state index is 12.5. The maximum atomic E-state index is 12.5. The van der Waals surface area contributed by atoms with Crippen LogP contribution in [0, 0.1) is 0 Å². The Bertz CT molecular complexity index is 833. The lowest BCUT2D eigenvalue weighted by molar-refractivity contribution is -0.117. The zero-order chi connectivity index (χ0) is 21.3. The van der Waals surface area contributed by atoms with Crippen LogP contribution in [0.3, 0.4) is 0 Å². The summed E-state index contributed by atoms with van der Waals surface area (Å²) in [5, 5.41) is 3.24. The van der Waals surface area contributed by atoms with Crippen molar-refractivity contribution in [2.75, 3.05) is 51.2 Å². The van der Waals surface area contributed by atoms with Gasteiger partial charge >= 0.3 is 6.61 Å². The van der Waals surface area contributed by atoms with Crippen molar-refractivity contribution in [1.29, 1.82) is 0 Å². The number of anilines is 1. The van der Waals surface area contributed by atoms with E-state index in [0.717, 1.165) is 32.7 Å². The van der Waals surface area contributed by atoms with Crippen LogP contribution in [0.4, 0.5) is 14.5 Å². The van der Waals surface area contributed by atoms with Crippen molar-refractivity contribution >= 4 is 23.2 Å². The summed E-state index contributed by atoms with van der Waals surface area (Å²) >= 11 is 6.08. The molecule has 1 amide bonds. The Kier molecular flexibility index (Phi) is 8.24. The quantitative estimate of drug-likeness (QED) is 0.647. The number of alkyl halides is 2. The third kappa shape index (κ3) is 6.83. The van der Waals surface area contributed by atoms with Gasteiger partial charge in [0.25, 0.3) is 0 Å². The van der Waals surface area contributed by atoms with Crippen LogP contribution in [0.2, 0.25) is 5.02 Å². The molecule has 1 N–H and O–H groups in total. The Balaban J connectivity index is 1.38. The minimum atomic E-state index is -2.95. The molecule has 1 saturated heterocycles. The number of para-hydroxylation sites is 3. The lowest BCUT2D eigenvalue weighted by Crippen LogP contribution is -2.49. The van der Waals surface area contributed by atoms with E-state index in [-0.39, 0.29) is 23.9 Å². The van der Waals surface area contributed by atoms with Crippen molar-refractivity contribution in [2.24, 2.45) is 0 Å². The number of nitrogens with one attached hydrogen (secondary N) is 1. The van der Waals surface area contributed by atoms with Gasteiger partial charge in [-0.05, 0) is 24.3 Å². The van der Waals surface area contributed by atoms with Crippen LogP contribution in [0.1, 0.15) is 0 Å². The Morgan fingerprint density at radius 3 is 2.33 bits per heavy atom. The molecule has 3 rings (SSSR count). The van der Waals surface area contributed by atoms with E-state index in [0.29, 0.717) is 17.4 Å². The highest BCUT2D eigenvalue weighted by molar-refractivity contribution is 6.32. The molecule has 0 bridgehead atoms. The summed E-state index contributed by atoms with van der Waals surface area (Å²) in [6.45, 7) is 1.62. The van der Waals surface area contributed by atoms with Crippen LogP contribution in [0.25, 0.3) is 0 Å². The second-order valence-electron chi connectivity index (χ2n) is 6.82. The summed E-state index contributed by atoms with van der Waals surface area (Å²) < 4.78 is 35.1. The number of carbonyl (C=O) groups excluding carboxylic acids is 1. The summed E-state index contributed by atoms with van der Waals surface area (Å²) in [7, 11) is 0. The van der Waals surface area contributed by atoms with E-state index >= 15 is 0 Å². The second kappa shape index (κ2) is 11.1. The first kappa shape index (κ1) is 22.3. The molecule has 0 atom stereocenters. The zero-order valence-electron chi connectivity index (χ0n) is 16.4. The van der Waals surface area contributed by atoms with Gasteiger partial charge in [0.15, 0.2) is 0 Å². The SMILES string of the molecule is O=C(CN1CCN(CCOc2ccccc2Cl)CC1)Nc1ccccc1OC(F)F. The molecule has 9 heteroatoms. The molecule has 1 aliphatic rings. The fraction of sp³-hybridized carbons (Fsp3) is 0.381. The summed E-state index contributed by atoms with van der Waals surface area (Å²) in [5.74, 6) is 0.352. The number of nitrogens with zero attached hydrogens (tertiary/aromatic N) is 2. The summed E-state index contributed by atoms with van der Waals surface area (Å²) in [6, 6.07) is 13.5. The fourth-order valence-corrected chi connectivity index (χ4v) is 3.37. The summed E-state index contributed by atoms with van der Waals surface area (Å²) in [6.07, 6.45) is 0. The van der Waals surface area contributed by atoms with E-state index in [2.05, 4.69) is 15.0 Å². The first-order chi connectivity index (χ1) is 14.5. The highest BCUT2D eigenvalue weighted by Gasteiger charge is 2.20. The van der Waals surface area contributed by atoms with Gasteiger partial charge in [-0.2, -0.15) is 8.78 Å². The normalized spacial score (nSPS) is 15.2. The molecular weight excluding hydrogens is 416 g/mol. The van der Waals surface area contributed by atoms with Crippen LogP contribution >= 0.6 is 11.6 Å². The third-order valence-electron chi connectivity index (χ3n) is 4.71. The maximum Gasteiger partial charge on any atom is 0.387 e. The molecule has 0 spiro atoms. The highest BCUT2D eigenvalue weighted by atomic mass is 35.5. The predicted octanol–water partition coefficient (Wildman–Crippen LogP) is 3.58. The first-order valence-electron chi connectivity index (χ1n) is 9.67. The molecule has 2 aromatic carbocycles. The molecule has 1 aliphatic heterocycles. The van der Waals surface area contributed by atoms with Gasteiger partial charge in [-0.1, -0.05) is 35.9 Å². The monoisotopic (exact) mass is 439 g/mol. The largest absolute Gasteiger partial charge is 0.491 e. The van der Waals surface area contributed by atoms with E-state index in [1.54, 1.807) is 18.2 Å². The summed E-state index contributed by atoms with van der Waals surface area (Å²) in [4.78, 5) is 16.6. The molecule has 1 heterocycles. The van der Waals surface area contributed by atoms with Crippen molar-refractivity contribution in [3.05, 3.63) is 53.6 Å². The average molecular weight is 440 g/mol. The Morgan fingerprint density at radius 2 is 1.63 bits per heavy atom. The Hall–Kier alpha value is -2.42. The van der Waals surface area contributed by atoms with Crippen molar-refractivity contribution in [1.82, 2.24) is 9.80 Å². The zero-order valence-corrected chi connectivity index (χ0v) is 17.2. The molecule has 2 aromatic rings. The summed E-state index contributed by atoms with van der Waals surface area (Å²) in [5.41, 5.74) is 0.234. The lowest BCUT2D eigenvalue weighted by Gasteiger charge is -2.34. The number of rotatable bonds is 9. The van der Waals surface area contributed by atoms with E-state index in [4.69, 9.17) is 16.3 Å². The van der Waals surface area contributed by atoms with Gasteiger partial charge in [0, 0.05) is 32.7 Å². The molecule has 30 heavy (non-hydrogen) atoms. The molecular formula is C21H24ClF2N3O3. The molecule has 0 saturated carbocycles. The minimum Gasteiger partial charge on any atom is -0.491 e. The van der Waals surface area contributed by atoms with Gasteiger partial charge in [-0.3, -0.25) is 14.6 Å². The van der Waals surface area contributed by atoms with Crippen LogP contribution in [-0.4, -0.2) is 68.2 Å². The molecule has 0 unspecified atom stereocenters. The van der Waals surface area contributed by atoms with Crippen LogP contribution in [0.15, 0.2) is 48.5 Å². The smallest absolute Gasteiger partial charge is 0.387 e. The van der Waals surface area contributed by atoms with Gasteiger partial charge in [-0.25, -0.2) is 0 Å². The van der Waals surface area contributed by atoms with Crippen molar-refractivity contribution in [3.8, 4) is 11.5 Å². The van der Waals surface area contributed by atoms with Crippen LogP contribution in [0.5, 0.6) is 11.5 Å². The highest BCUT2D eigenvalue weighted by Crippen LogP contribution is 2.25. The van der Waals surface area contributed by atoms with Gasteiger partial charge in [0.05, 0.1) is 17.3 Å². The van der Waals surface area contributed by atoms with Crippen LogP contribution < -0.4 is 14.8 Å². The standard InChI is InChI=1S/C21H24ClF2N3O3/c22-16-5-1-3-7-18(16)29-14-13-26-9-11-27(12-10-26)15-20(28)25-17-6-2-4-8-19(17)30-21(23)24/h1-8,21H,9-15H2,(H,25,28). The number of hydrogen-bond acceptors (Lipinski definition) is 5. The van der Waals surface area contributed by atoms with E-state index in [1.807, 2.05) is 23.1 Å². The molecule has 0 aliphatic carbocycles. The molecule has 162 valence electrons. The topological polar surface area (TPSA) is 54.0 Å². The number of halogens is 3. The van der Waals surface area contributed by atoms with Gasteiger partial charge < -0.3 is 14.8 Å². The lowest BCUT2D eigenvalue weighted by atomic mass is 10.2. The Labute approximate surface area is 179 Å². The van der Waals surface area contributed by atoms with Gasteiger partial charge in [-0.15, -0.1) is 0 Å². The number of carbonyl (C=O) groups is 1. The van der Waals surface area contributed by atoms with Crippen molar-refractivity contribution in [3.63, 3.8) is 0 Å². The van der Waals surface area contributed by atoms with Gasteiger partial charge in [0.1, 0.15) is 18.1 Å². The number of ether oxygens (including phenoxy) is 2. The second-order valence-corrected chi connectivity index (χ2v) is 7.23. The van der Waals surface area contributed by atoms with E-state index in [1.165, 1.54) is 12.1 Å². The number of hydrogen-bond donors (Lipinski definition) is 1. The number of benzene rings is 2. The van der Waals surface area contributed by atoms with Gasteiger partial charge in [0.2, 0.25) is 5.91 Å². The number of amides is 1. The van der Waals surface area contributed by atoms with Crippen LogP contribution in [-0.2, 0) is 4.79 Å². The molecule has 6 nitrogen and oxygen atoms in total.